The molecule has 2 aromatic carbocycles. The van der Waals surface area contributed by atoms with E-state index in [9.17, 15) is 14.9 Å². The maximum atomic E-state index is 12.0. The lowest BCUT2D eigenvalue weighted by Crippen LogP contribution is -2.06. The van der Waals surface area contributed by atoms with E-state index >= 15 is 0 Å². The molecule has 6 nitrogen and oxygen atoms in total. The number of cyclic esters (lactones) is 1. The van der Waals surface area contributed by atoms with Gasteiger partial charge in [-0.3, -0.25) is 10.1 Å². The van der Waals surface area contributed by atoms with Crippen molar-refractivity contribution < 1.29 is 14.5 Å². The normalized spacial score (nSPS) is 15.3. The molecule has 0 radical (unpaired) electrons. The fourth-order valence-electron chi connectivity index (χ4n) is 2.05. The van der Waals surface area contributed by atoms with Gasteiger partial charge in [-0.2, -0.15) is 0 Å². The van der Waals surface area contributed by atoms with Gasteiger partial charge in [0.05, 0.1) is 15.5 Å². The number of esters is 1. The molecule has 0 atom stereocenters. The predicted octanol–water partition coefficient (Wildman–Crippen LogP) is 4.25. The summed E-state index contributed by atoms with van der Waals surface area (Å²) < 4.78 is 5.10. The third-order valence-electron chi connectivity index (χ3n) is 3.21. The molecule has 0 aliphatic carbocycles. The molecule has 2 aromatic rings. The highest BCUT2D eigenvalue weighted by atomic mass is 35.5. The Morgan fingerprint density at radius 2 is 1.88 bits per heavy atom. The zero-order valence-corrected chi connectivity index (χ0v) is 13.4. The van der Waals surface area contributed by atoms with E-state index in [0.717, 1.165) is 0 Å². The standard InChI is InChI=1S/C16H8Cl2N2O4/c17-12-4-2-1-3-9(12)7-14-16(21)24-15(19-14)11-6-5-10(20(22)23)8-13(11)18/h1-8H. The third-order valence-corrected chi connectivity index (χ3v) is 3.87. The first-order valence-electron chi connectivity index (χ1n) is 6.67. The number of nitro benzene ring substituents is 1. The van der Waals surface area contributed by atoms with Crippen LogP contribution in [0.25, 0.3) is 6.08 Å². The first kappa shape index (κ1) is 16.2. The molecular weight excluding hydrogens is 355 g/mol. The lowest BCUT2D eigenvalue weighted by molar-refractivity contribution is -0.384. The smallest absolute Gasteiger partial charge is 0.363 e. The number of hydrogen-bond donors (Lipinski definition) is 0. The van der Waals surface area contributed by atoms with Crippen LogP contribution in [0.4, 0.5) is 5.69 Å². The second-order valence-electron chi connectivity index (χ2n) is 4.78. The first-order chi connectivity index (χ1) is 11.5. The van der Waals surface area contributed by atoms with Gasteiger partial charge in [-0.25, -0.2) is 9.79 Å². The van der Waals surface area contributed by atoms with Crippen molar-refractivity contribution in [2.45, 2.75) is 0 Å². The van der Waals surface area contributed by atoms with Gasteiger partial charge in [0.1, 0.15) is 0 Å². The highest BCUT2D eigenvalue weighted by Crippen LogP contribution is 2.28. The minimum absolute atomic E-state index is 0.0156. The van der Waals surface area contributed by atoms with Crippen LogP contribution < -0.4 is 0 Å². The SMILES string of the molecule is O=C1OC(c2ccc([N+](=O)[O-])cc2Cl)=NC1=Cc1ccccc1Cl. The van der Waals surface area contributed by atoms with Gasteiger partial charge in [0, 0.05) is 17.2 Å². The second kappa shape index (κ2) is 6.43. The predicted molar refractivity (Wildman–Crippen MR) is 90.2 cm³/mol. The summed E-state index contributed by atoms with van der Waals surface area (Å²) in [7, 11) is 0. The van der Waals surface area contributed by atoms with Gasteiger partial charge in [0.15, 0.2) is 5.70 Å². The maximum Gasteiger partial charge on any atom is 0.363 e. The van der Waals surface area contributed by atoms with Crippen LogP contribution in [0.5, 0.6) is 0 Å². The molecule has 0 saturated carbocycles. The van der Waals surface area contributed by atoms with Crippen molar-refractivity contribution in [3.05, 3.63) is 79.4 Å². The zero-order valence-electron chi connectivity index (χ0n) is 11.9. The average molecular weight is 363 g/mol. The number of aliphatic imine (C=N–C) groups is 1. The van der Waals surface area contributed by atoms with Gasteiger partial charge < -0.3 is 4.74 Å². The Kier molecular flexibility index (Phi) is 4.33. The molecule has 0 bridgehead atoms. The van der Waals surface area contributed by atoms with Crippen molar-refractivity contribution in [3.63, 3.8) is 0 Å². The van der Waals surface area contributed by atoms with Crippen LogP contribution in [0.1, 0.15) is 11.1 Å². The number of nitrogens with zero attached hydrogens (tertiary/aromatic N) is 2. The highest BCUT2D eigenvalue weighted by Gasteiger charge is 2.26. The summed E-state index contributed by atoms with van der Waals surface area (Å²) in [6.07, 6.45) is 1.50. The lowest BCUT2D eigenvalue weighted by atomic mass is 10.2. The molecular formula is C16H8Cl2N2O4. The Morgan fingerprint density at radius 3 is 2.54 bits per heavy atom. The largest absolute Gasteiger partial charge is 0.402 e. The number of ether oxygens (including phenoxy) is 1. The van der Waals surface area contributed by atoms with Gasteiger partial charge in [-0.05, 0) is 23.8 Å². The number of benzene rings is 2. The molecule has 3 rings (SSSR count). The van der Waals surface area contributed by atoms with Crippen LogP contribution in [-0.2, 0) is 9.53 Å². The van der Waals surface area contributed by atoms with Crippen LogP contribution in [0.15, 0.2) is 53.2 Å². The molecule has 0 fully saturated rings. The minimum Gasteiger partial charge on any atom is -0.402 e. The summed E-state index contributed by atoms with van der Waals surface area (Å²) in [6.45, 7) is 0. The molecule has 24 heavy (non-hydrogen) atoms. The maximum absolute atomic E-state index is 12.0. The van der Waals surface area contributed by atoms with Gasteiger partial charge in [0.2, 0.25) is 5.90 Å². The van der Waals surface area contributed by atoms with Gasteiger partial charge in [0.25, 0.3) is 5.69 Å². The molecule has 0 N–H and O–H groups in total. The van der Waals surface area contributed by atoms with Gasteiger partial charge in [-0.15, -0.1) is 0 Å². The number of carbonyl (C=O) groups is 1. The quantitative estimate of drug-likeness (QED) is 0.353. The molecule has 0 aromatic heterocycles. The van der Waals surface area contributed by atoms with Crippen molar-refractivity contribution in [2.75, 3.05) is 0 Å². The van der Waals surface area contributed by atoms with E-state index in [1.807, 2.05) is 0 Å². The second-order valence-corrected chi connectivity index (χ2v) is 5.59. The van der Waals surface area contributed by atoms with Crippen molar-refractivity contribution >= 4 is 46.8 Å². The van der Waals surface area contributed by atoms with E-state index in [2.05, 4.69) is 4.99 Å². The number of rotatable bonds is 3. The minimum atomic E-state index is -0.653. The number of nitro groups is 1. The van der Waals surface area contributed by atoms with Crippen molar-refractivity contribution in [3.8, 4) is 0 Å². The lowest BCUT2D eigenvalue weighted by Gasteiger charge is -2.02. The Morgan fingerprint density at radius 1 is 1.12 bits per heavy atom. The Labute approximate surface area is 146 Å². The molecule has 0 spiro atoms. The Balaban J connectivity index is 1.98. The van der Waals surface area contributed by atoms with E-state index in [-0.39, 0.29) is 27.9 Å². The summed E-state index contributed by atoms with van der Waals surface area (Å²) >= 11 is 12.1. The third kappa shape index (κ3) is 3.15. The van der Waals surface area contributed by atoms with E-state index in [0.29, 0.717) is 10.6 Å². The zero-order chi connectivity index (χ0) is 17.3. The highest BCUT2D eigenvalue weighted by molar-refractivity contribution is 6.35. The summed E-state index contributed by atoms with van der Waals surface area (Å²) in [5.41, 5.74) is 0.803. The summed E-state index contributed by atoms with van der Waals surface area (Å²) in [6, 6.07) is 10.8. The Hall–Kier alpha value is -2.70. The van der Waals surface area contributed by atoms with Crippen molar-refractivity contribution in [1.29, 1.82) is 0 Å². The fourth-order valence-corrected chi connectivity index (χ4v) is 2.50. The number of hydrogen-bond acceptors (Lipinski definition) is 5. The number of halogens is 2. The van der Waals surface area contributed by atoms with Crippen LogP contribution in [0, 0.1) is 10.1 Å². The molecule has 0 unspecified atom stereocenters. The van der Waals surface area contributed by atoms with Crippen LogP contribution in [-0.4, -0.2) is 16.8 Å². The topological polar surface area (TPSA) is 81.8 Å². The van der Waals surface area contributed by atoms with Crippen molar-refractivity contribution in [1.82, 2.24) is 0 Å². The monoisotopic (exact) mass is 362 g/mol. The van der Waals surface area contributed by atoms with E-state index < -0.39 is 10.9 Å². The van der Waals surface area contributed by atoms with Gasteiger partial charge >= 0.3 is 5.97 Å². The number of non-ortho nitro benzene ring substituents is 1. The molecule has 0 saturated heterocycles. The summed E-state index contributed by atoms with van der Waals surface area (Å²) in [4.78, 5) is 26.2. The Bertz CT molecular complexity index is 922. The molecule has 1 heterocycles. The van der Waals surface area contributed by atoms with Crippen molar-refractivity contribution in [2.24, 2.45) is 4.99 Å². The van der Waals surface area contributed by atoms with Gasteiger partial charge in [-0.1, -0.05) is 41.4 Å². The summed E-state index contributed by atoms with van der Waals surface area (Å²) in [5, 5.41) is 11.3. The van der Waals surface area contributed by atoms with Crippen LogP contribution in [0.2, 0.25) is 10.0 Å². The molecule has 1 aliphatic rings. The van der Waals surface area contributed by atoms with E-state index in [4.69, 9.17) is 27.9 Å². The number of carbonyl (C=O) groups excluding carboxylic acids is 1. The van der Waals surface area contributed by atoms with Crippen LogP contribution in [0.3, 0.4) is 0 Å². The average Bonchev–Trinajstić information content (AvgIpc) is 2.90. The molecule has 120 valence electrons. The van der Waals surface area contributed by atoms with E-state index in [1.165, 1.54) is 24.3 Å². The van der Waals surface area contributed by atoms with Crippen LogP contribution >= 0.6 is 23.2 Å². The summed E-state index contributed by atoms with van der Waals surface area (Å²) in [5.74, 6) is -0.669. The fraction of sp³-hybridized carbons (Fsp3) is 0. The molecule has 0 amide bonds. The first-order valence-corrected chi connectivity index (χ1v) is 7.42. The van der Waals surface area contributed by atoms with E-state index in [1.54, 1.807) is 24.3 Å². The molecule has 8 heteroatoms. The molecule has 1 aliphatic heterocycles.